The zero-order chi connectivity index (χ0) is 15.6. The Hall–Kier alpha value is -1.69. The highest BCUT2D eigenvalue weighted by atomic mass is 16.3. The van der Waals surface area contributed by atoms with E-state index in [-0.39, 0.29) is 24.5 Å². The van der Waals surface area contributed by atoms with Gasteiger partial charge < -0.3 is 10.0 Å². The minimum absolute atomic E-state index is 0.0254. The van der Waals surface area contributed by atoms with Gasteiger partial charge in [0.1, 0.15) is 6.54 Å². The minimum atomic E-state index is -0.403. The van der Waals surface area contributed by atoms with Gasteiger partial charge in [0, 0.05) is 30.9 Å². The van der Waals surface area contributed by atoms with Crippen LogP contribution in [0.2, 0.25) is 0 Å². The highest BCUT2D eigenvalue weighted by molar-refractivity contribution is 5.76. The minimum Gasteiger partial charge on any atom is -0.396 e. The molecule has 0 spiro atoms. The first-order valence-corrected chi connectivity index (χ1v) is 8.02. The van der Waals surface area contributed by atoms with Crippen LogP contribution >= 0.6 is 0 Å². The number of nitrogens with zero attached hydrogens (tertiary/aromatic N) is 3. The van der Waals surface area contributed by atoms with Crippen LogP contribution in [0.1, 0.15) is 32.1 Å². The van der Waals surface area contributed by atoms with Crippen molar-refractivity contribution < 1.29 is 9.90 Å². The Bertz CT molecular complexity index is 596. The first-order valence-electron chi connectivity index (χ1n) is 8.02. The quantitative estimate of drug-likeness (QED) is 0.866. The summed E-state index contributed by atoms with van der Waals surface area (Å²) in [5.74, 6) is 0.659. The predicted octanol–water partition coefficient (Wildman–Crippen LogP) is 0.644. The Morgan fingerprint density at radius 2 is 2.27 bits per heavy atom. The average molecular weight is 305 g/mol. The highest BCUT2D eigenvalue weighted by Crippen LogP contribution is 2.44. The van der Waals surface area contributed by atoms with E-state index < -0.39 is 5.69 Å². The number of aliphatic hydroxyl groups is 1. The van der Waals surface area contributed by atoms with E-state index in [0.717, 1.165) is 25.2 Å². The number of hydrogen-bond acceptors (Lipinski definition) is 4. The fraction of sp³-hybridized carbons (Fsp3) is 0.688. The van der Waals surface area contributed by atoms with Crippen LogP contribution in [0.5, 0.6) is 0 Å². The van der Waals surface area contributed by atoms with Crippen LogP contribution in [0.25, 0.3) is 0 Å². The molecule has 1 atom stereocenters. The van der Waals surface area contributed by atoms with Gasteiger partial charge in [-0.25, -0.2) is 9.78 Å². The fourth-order valence-electron chi connectivity index (χ4n) is 3.47. The largest absolute Gasteiger partial charge is 0.396 e. The van der Waals surface area contributed by atoms with Crippen LogP contribution in [0.4, 0.5) is 0 Å². The van der Waals surface area contributed by atoms with Gasteiger partial charge in [0.15, 0.2) is 0 Å². The summed E-state index contributed by atoms with van der Waals surface area (Å²) in [5, 5.41) is 9.85. The number of carbonyl (C=O) groups excluding carboxylic acids is 1. The zero-order valence-corrected chi connectivity index (χ0v) is 12.8. The van der Waals surface area contributed by atoms with Gasteiger partial charge in [-0.05, 0) is 31.2 Å². The summed E-state index contributed by atoms with van der Waals surface area (Å²) in [4.78, 5) is 29.6. The monoisotopic (exact) mass is 305 g/mol. The van der Waals surface area contributed by atoms with E-state index in [1.807, 2.05) is 4.90 Å². The topological polar surface area (TPSA) is 75.4 Å². The van der Waals surface area contributed by atoms with Crippen molar-refractivity contribution in [3.63, 3.8) is 0 Å². The summed E-state index contributed by atoms with van der Waals surface area (Å²) in [5.41, 5.74) is -0.547. The summed E-state index contributed by atoms with van der Waals surface area (Å²) < 4.78 is 1.33. The van der Waals surface area contributed by atoms with Gasteiger partial charge in [0.2, 0.25) is 5.91 Å². The molecule has 2 aliphatic rings. The highest BCUT2D eigenvalue weighted by Gasteiger charge is 2.40. The van der Waals surface area contributed by atoms with Gasteiger partial charge >= 0.3 is 5.69 Å². The van der Waals surface area contributed by atoms with Crippen LogP contribution in [0, 0.1) is 11.3 Å². The van der Waals surface area contributed by atoms with Crippen molar-refractivity contribution in [3.05, 3.63) is 28.9 Å². The number of hydrogen-bond donors (Lipinski definition) is 1. The molecule has 1 amide bonds. The van der Waals surface area contributed by atoms with E-state index in [1.54, 1.807) is 12.3 Å². The van der Waals surface area contributed by atoms with E-state index in [1.165, 1.54) is 23.6 Å². The molecule has 1 aliphatic carbocycles. The van der Waals surface area contributed by atoms with Gasteiger partial charge in [-0.15, -0.1) is 0 Å². The van der Waals surface area contributed by atoms with Crippen molar-refractivity contribution in [1.82, 2.24) is 14.5 Å². The third-order valence-electron chi connectivity index (χ3n) is 4.86. The SMILES string of the molecule is O=C(Cn1cccnc1=O)N1CCCC(CO)(CC2CC2)C1. The molecule has 1 aromatic rings. The third kappa shape index (κ3) is 3.38. The molecule has 0 aromatic carbocycles. The Kier molecular flexibility index (Phi) is 4.29. The normalized spacial score (nSPS) is 25.2. The summed E-state index contributed by atoms with van der Waals surface area (Å²) >= 11 is 0. The number of carbonyl (C=O) groups is 1. The number of amides is 1. The number of aliphatic hydroxyl groups excluding tert-OH is 1. The van der Waals surface area contributed by atoms with Gasteiger partial charge in [0.25, 0.3) is 0 Å². The Balaban J connectivity index is 1.67. The molecule has 1 aliphatic heterocycles. The maximum absolute atomic E-state index is 12.5. The van der Waals surface area contributed by atoms with Gasteiger partial charge in [-0.2, -0.15) is 0 Å². The number of rotatable bonds is 5. The van der Waals surface area contributed by atoms with E-state index in [9.17, 15) is 14.7 Å². The maximum Gasteiger partial charge on any atom is 0.347 e. The molecule has 0 bridgehead atoms. The van der Waals surface area contributed by atoms with Gasteiger partial charge in [-0.1, -0.05) is 12.8 Å². The molecule has 0 radical (unpaired) electrons. The smallest absolute Gasteiger partial charge is 0.347 e. The van der Waals surface area contributed by atoms with Crippen molar-refractivity contribution in [2.45, 2.75) is 38.6 Å². The molecule has 1 aromatic heterocycles. The molecule has 22 heavy (non-hydrogen) atoms. The maximum atomic E-state index is 12.5. The number of likely N-dealkylation sites (tertiary alicyclic amines) is 1. The Morgan fingerprint density at radius 3 is 2.95 bits per heavy atom. The molecule has 6 nitrogen and oxygen atoms in total. The lowest BCUT2D eigenvalue weighted by molar-refractivity contribution is -0.136. The molecular weight excluding hydrogens is 282 g/mol. The Morgan fingerprint density at radius 1 is 1.45 bits per heavy atom. The molecule has 3 rings (SSSR count). The summed E-state index contributed by atoms with van der Waals surface area (Å²) in [6, 6.07) is 1.65. The number of piperidine rings is 1. The first kappa shape index (κ1) is 15.2. The molecule has 2 heterocycles. The third-order valence-corrected chi connectivity index (χ3v) is 4.86. The second-order valence-corrected chi connectivity index (χ2v) is 6.75. The van der Waals surface area contributed by atoms with Crippen molar-refractivity contribution >= 4 is 5.91 Å². The molecule has 1 saturated heterocycles. The predicted molar refractivity (Wildman–Crippen MR) is 81.2 cm³/mol. The summed E-state index contributed by atoms with van der Waals surface area (Å²) in [6.45, 7) is 1.48. The first-order chi connectivity index (χ1) is 10.6. The molecule has 1 unspecified atom stereocenters. The van der Waals surface area contributed by atoms with Crippen LogP contribution in [0.15, 0.2) is 23.3 Å². The van der Waals surface area contributed by atoms with Crippen molar-refractivity contribution in [2.75, 3.05) is 19.7 Å². The van der Waals surface area contributed by atoms with Crippen molar-refractivity contribution in [2.24, 2.45) is 11.3 Å². The van der Waals surface area contributed by atoms with E-state index >= 15 is 0 Å². The fourth-order valence-corrected chi connectivity index (χ4v) is 3.47. The van der Waals surface area contributed by atoms with Crippen molar-refractivity contribution in [3.8, 4) is 0 Å². The van der Waals surface area contributed by atoms with Crippen LogP contribution < -0.4 is 5.69 Å². The van der Waals surface area contributed by atoms with E-state index in [4.69, 9.17) is 0 Å². The van der Waals surface area contributed by atoms with Gasteiger partial charge in [0.05, 0.1) is 6.61 Å². The van der Waals surface area contributed by atoms with Crippen molar-refractivity contribution in [1.29, 1.82) is 0 Å². The standard InChI is InChI=1S/C16H23N3O3/c20-12-16(9-13-3-4-13)5-1-7-19(11-16)14(21)10-18-8-2-6-17-15(18)22/h2,6,8,13,20H,1,3-5,7,9-12H2. The molecule has 1 N–H and O–H groups in total. The molecule has 1 saturated carbocycles. The second kappa shape index (κ2) is 6.20. The van der Waals surface area contributed by atoms with E-state index in [0.29, 0.717) is 13.1 Å². The van der Waals surface area contributed by atoms with Gasteiger partial charge in [-0.3, -0.25) is 9.36 Å². The number of aromatic nitrogens is 2. The lowest BCUT2D eigenvalue weighted by Crippen LogP contribution is -2.49. The molecule has 120 valence electrons. The molecule has 2 fully saturated rings. The summed E-state index contributed by atoms with van der Waals surface area (Å²) in [7, 11) is 0. The lowest BCUT2D eigenvalue weighted by atomic mass is 9.76. The molecular formula is C16H23N3O3. The van der Waals surface area contributed by atoms with Crippen LogP contribution in [-0.4, -0.2) is 45.2 Å². The zero-order valence-electron chi connectivity index (χ0n) is 12.8. The lowest BCUT2D eigenvalue weighted by Gasteiger charge is -2.42. The van der Waals surface area contributed by atoms with E-state index in [2.05, 4.69) is 4.98 Å². The Labute approximate surface area is 129 Å². The van der Waals surface area contributed by atoms with Crippen LogP contribution in [0.3, 0.4) is 0 Å². The van der Waals surface area contributed by atoms with Crippen LogP contribution in [-0.2, 0) is 11.3 Å². The average Bonchev–Trinajstić information content (AvgIpc) is 3.33. The summed E-state index contributed by atoms with van der Waals surface area (Å²) in [6.07, 6.45) is 8.43. The molecule has 6 heteroatoms. The second-order valence-electron chi connectivity index (χ2n) is 6.75.